The van der Waals surface area contributed by atoms with E-state index in [0.29, 0.717) is 5.15 Å². The minimum Gasteiger partial charge on any atom is -0.497 e. The van der Waals surface area contributed by atoms with Gasteiger partial charge in [0.05, 0.1) is 7.11 Å². The number of rotatable bonds is 2. The first-order valence-corrected chi connectivity index (χ1v) is 7.35. The van der Waals surface area contributed by atoms with E-state index in [1.54, 1.807) is 7.11 Å². The molecule has 0 amide bonds. The van der Waals surface area contributed by atoms with Gasteiger partial charge in [-0.1, -0.05) is 29.8 Å². The third-order valence-electron chi connectivity index (χ3n) is 3.85. The number of ether oxygens (including phenoxy) is 1. The molecule has 1 N–H and O–H groups in total. The van der Waals surface area contributed by atoms with Crippen molar-refractivity contribution >= 4 is 33.5 Å². The molecule has 0 unspecified atom stereocenters. The van der Waals surface area contributed by atoms with Crippen LogP contribution in [-0.2, 0) is 0 Å². The Balaban J connectivity index is 1.90. The van der Waals surface area contributed by atoms with Crippen molar-refractivity contribution in [2.24, 2.45) is 0 Å². The Bertz CT molecular complexity index is 974. The highest BCUT2D eigenvalue weighted by molar-refractivity contribution is 6.30. The monoisotopic (exact) mass is 308 g/mol. The van der Waals surface area contributed by atoms with Crippen molar-refractivity contribution in [1.82, 2.24) is 9.97 Å². The molecular formula is C18H13ClN2O. The summed E-state index contributed by atoms with van der Waals surface area (Å²) in [7, 11) is 1.67. The first-order chi connectivity index (χ1) is 10.7. The maximum absolute atomic E-state index is 5.96. The highest BCUT2D eigenvalue weighted by Crippen LogP contribution is 2.30. The molecule has 0 radical (unpaired) electrons. The van der Waals surface area contributed by atoms with Crippen molar-refractivity contribution < 1.29 is 4.74 Å². The Labute approximate surface area is 132 Å². The number of aromatic amines is 1. The minimum atomic E-state index is 0.495. The van der Waals surface area contributed by atoms with Gasteiger partial charge in [0, 0.05) is 16.3 Å². The summed E-state index contributed by atoms with van der Waals surface area (Å²) >= 11 is 5.96. The molecule has 22 heavy (non-hydrogen) atoms. The molecule has 0 aliphatic heterocycles. The molecule has 108 valence electrons. The number of pyridine rings is 1. The van der Waals surface area contributed by atoms with Gasteiger partial charge in [-0.3, -0.25) is 0 Å². The standard InChI is InChI=1S/C18H13ClN2O/c1-22-13-5-2-11(3-6-13)12-4-8-16-15(10-12)14-7-9-17(19)21-18(14)20-16/h2-10H,1H3,(H,20,21). The third kappa shape index (κ3) is 2.11. The highest BCUT2D eigenvalue weighted by atomic mass is 35.5. The number of fused-ring (bicyclic) bond motifs is 3. The van der Waals surface area contributed by atoms with E-state index in [1.807, 2.05) is 24.3 Å². The second-order valence-electron chi connectivity index (χ2n) is 5.14. The molecule has 0 atom stereocenters. The van der Waals surface area contributed by atoms with Gasteiger partial charge in [0.25, 0.3) is 0 Å². The molecule has 2 heterocycles. The first kappa shape index (κ1) is 13.2. The van der Waals surface area contributed by atoms with E-state index in [9.17, 15) is 0 Å². The summed E-state index contributed by atoms with van der Waals surface area (Å²) in [6.07, 6.45) is 0. The topological polar surface area (TPSA) is 37.9 Å². The van der Waals surface area contributed by atoms with Gasteiger partial charge in [-0.2, -0.15) is 0 Å². The summed E-state index contributed by atoms with van der Waals surface area (Å²) in [5.41, 5.74) is 4.18. The lowest BCUT2D eigenvalue weighted by atomic mass is 10.0. The van der Waals surface area contributed by atoms with Crippen LogP contribution in [0.4, 0.5) is 0 Å². The zero-order chi connectivity index (χ0) is 15.1. The van der Waals surface area contributed by atoms with E-state index in [-0.39, 0.29) is 0 Å². The van der Waals surface area contributed by atoms with E-state index in [4.69, 9.17) is 16.3 Å². The van der Waals surface area contributed by atoms with Gasteiger partial charge in [-0.15, -0.1) is 0 Å². The molecule has 4 aromatic rings. The molecule has 0 saturated carbocycles. The largest absolute Gasteiger partial charge is 0.497 e. The van der Waals surface area contributed by atoms with Gasteiger partial charge in [-0.25, -0.2) is 4.98 Å². The second-order valence-corrected chi connectivity index (χ2v) is 5.53. The summed E-state index contributed by atoms with van der Waals surface area (Å²) in [4.78, 5) is 7.63. The number of halogens is 1. The number of benzene rings is 2. The fraction of sp³-hybridized carbons (Fsp3) is 0.0556. The Hall–Kier alpha value is -2.52. The lowest BCUT2D eigenvalue weighted by molar-refractivity contribution is 0.415. The molecule has 4 rings (SSSR count). The van der Waals surface area contributed by atoms with Crippen LogP contribution in [0.15, 0.2) is 54.6 Å². The van der Waals surface area contributed by atoms with Crippen LogP contribution in [0.25, 0.3) is 33.1 Å². The molecule has 0 aliphatic carbocycles. The van der Waals surface area contributed by atoms with Crippen LogP contribution in [-0.4, -0.2) is 17.1 Å². The fourth-order valence-corrected chi connectivity index (χ4v) is 2.86. The van der Waals surface area contributed by atoms with E-state index in [0.717, 1.165) is 38.8 Å². The van der Waals surface area contributed by atoms with Crippen LogP contribution < -0.4 is 4.74 Å². The minimum absolute atomic E-state index is 0.495. The van der Waals surface area contributed by atoms with Crippen molar-refractivity contribution in [2.45, 2.75) is 0 Å². The van der Waals surface area contributed by atoms with Gasteiger partial charge < -0.3 is 9.72 Å². The number of aromatic nitrogens is 2. The number of methoxy groups -OCH3 is 1. The van der Waals surface area contributed by atoms with E-state index in [2.05, 4.69) is 40.3 Å². The maximum atomic E-state index is 5.96. The lowest BCUT2D eigenvalue weighted by Gasteiger charge is -2.04. The zero-order valence-corrected chi connectivity index (χ0v) is 12.7. The summed E-state index contributed by atoms with van der Waals surface area (Å²) in [5, 5.41) is 2.72. The Morgan fingerprint density at radius 1 is 0.909 bits per heavy atom. The first-order valence-electron chi connectivity index (χ1n) is 6.97. The summed E-state index contributed by atoms with van der Waals surface area (Å²) in [6.45, 7) is 0. The lowest BCUT2D eigenvalue weighted by Crippen LogP contribution is -1.82. The van der Waals surface area contributed by atoms with Gasteiger partial charge >= 0.3 is 0 Å². The number of nitrogens with one attached hydrogen (secondary N) is 1. The van der Waals surface area contributed by atoms with Gasteiger partial charge in [0.1, 0.15) is 16.5 Å². The Morgan fingerprint density at radius 2 is 1.68 bits per heavy atom. The zero-order valence-electron chi connectivity index (χ0n) is 11.9. The van der Waals surface area contributed by atoms with Crippen LogP contribution in [0.1, 0.15) is 0 Å². The molecule has 3 nitrogen and oxygen atoms in total. The van der Waals surface area contributed by atoms with Crippen LogP contribution in [0.5, 0.6) is 5.75 Å². The molecule has 0 bridgehead atoms. The summed E-state index contributed by atoms with van der Waals surface area (Å²) in [5.74, 6) is 0.857. The predicted octanol–water partition coefficient (Wildman–Crippen LogP) is 5.05. The average Bonchev–Trinajstić information content (AvgIpc) is 2.91. The molecule has 4 heteroatoms. The molecule has 2 aromatic carbocycles. The number of H-pyrrole nitrogens is 1. The second kappa shape index (κ2) is 5.04. The molecule has 0 saturated heterocycles. The van der Waals surface area contributed by atoms with Crippen LogP contribution in [0.2, 0.25) is 5.15 Å². The van der Waals surface area contributed by atoms with Gasteiger partial charge in [-0.05, 0) is 47.5 Å². The van der Waals surface area contributed by atoms with Crippen molar-refractivity contribution in [1.29, 1.82) is 0 Å². The van der Waals surface area contributed by atoms with Crippen molar-refractivity contribution in [2.75, 3.05) is 7.11 Å². The quantitative estimate of drug-likeness (QED) is 0.526. The Morgan fingerprint density at radius 3 is 2.45 bits per heavy atom. The van der Waals surface area contributed by atoms with Crippen molar-refractivity contribution in [3.8, 4) is 16.9 Å². The molecule has 0 aliphatic rings. The van der Waals surface area contributed by atoms with E-state index < -0.39 is 0 Å². The highest BCUT2D eigenvalue weighted by Gasteiger charge is 2.07. The number of hydrogen-bond acceptors (Lipinski definition) is 2. The average molecular weight is 309 g/mol. The van der Waals surface area contributed by atoms with Gasteiger partial charge in [0.15, 0.2) is 0 Å². The predicted molar refractivity (Wildman–Crippen MR) is 90.6 cm³/mol. The molecule has 0 fully saturated rings. The van der Waals surface area contributed by atoms with E-state index in [1.165, 1.54) is 0 Å². The summed E-state index contributed by atoms with van der Waals surface area (Å²) < 4.78 is 5.21. The van der Waals surface area contributed by atoms with Crippen LogP contribution >= 0.6 is 11.6 Å². The fourth-order valence-electron chi connectivity index (χ4n) is 2.71. The van der Waals surface area contributed by atoms with Crippen molar-refractivity contribution in [3.63, 3.8) is 0 Å². The van der Waals surface area contributed by atoms with Crippen molar-refractivity contribution in [3.05, 3.63) is 59.8 Å². The molecule has 0 spiro atoms. The van der Waals surface area contributed by atoms with Crippen LogP contribution in [0, 0.1) is 0 Å². The smallest absolute Gasteiger partial charge is 0.140 e. The maximum Gasteiger partial charge on any atom is 0.140 e. The van der Waals surface area contributed by atoms with E-state index >= 15 is 0 Å². The number of hydrogen-bond donors (Lipinski definition) is 1. The molecule has 2 aromatic heterocycles. The Kier molecular flexibility index (Phi) is 3.01. The van der Waals surface area contributed by atoms with Gasteiger partial charge in [0.2, 0.25) is 0 Å². The SMILES string of the molecule is COc1ccc(-c2ccc3[nH]c4nc(Cl)ccc4c3c2)cc1. The van der Waals surface area contributed by atoms with Crippen LogP contribution in [0.3, 0.4) is 0 Å². The number of nitrogens with zero attached hydrogens (tertiary/aromatic N) is 1. The third-order valence-corrected chi connectivity index (χ3v) is 4.06. The molecular weight excluding hydrogens is 296 g/mol. The summed E-state index contributed by atoms with van der Waals surface area (Å²) in [6, 6.07) is 18.2. The normalized spacial score (nSPS) is 11.2.